The highest BCUT2D eigenvalue weighted by molar-refractivity contribution is 7.10. The van der Waals surface area contributed by atoms with Crippen LogP contribution in [0.25, 0.3) is 0 Å². The summed E-state index contributed by atoms with van der Waals surface area (Å²) in [4.78, 5) is 4.09. The van der Waals surface area contributed by atoms with Crippen molar-refractivity contribution in [3.63, 3.8) is 0 Å². The van der Waals surface area contributed by atoms with Crippen molar-refractivity contribution in [2.75, 3.05) is 13.1 Å². The SMILES string of the molecule is Clc1csc(CN(C2CC2)C2CCNC2)c1. The highest BCUT2D eigenvalue weighted by atomic mass is 35.5. The maximum Gasteiger partial charge on any atom is 0.0516 e. The van der Waals surface area contributed by atoms with Gasteiger partial charge in [-0.1, -0.05) is 11.6 Å². The molecule has 2 fully saturated rings. The number of rotatable bonds is 4. The minimum absolute atomic E-state index is 0.744. The van der Waals surface area contributed by atoms with E-state index in [2.05, 4.69) is 16.3 Å². The number of nitrogens with one attached hydrogen (secondary N) is 1. The Kier molecular flexibility index (Phi) is 3.20. The van der Waals surface area contributed by atoms with E-state index in [4.69, 9.17) is 11.6 Å². The fraction of sp³-hybridized carbons (Fsp3) is 0.667. The van der Waals surface area contributed by atoms with Gasteiger partial charge in [-0.3, -0.25) is 4.90 Å². The van der Waals surface area contributed by atoms with Gasteiger partial charge in [-0.05, 0) is 31.9 Å². The lowest BCUT2D eigenvalue weighted by Gasteiger charge is -2.27. The third-order valence-electron chi connectivity index (χ3n) is 3.48. The largest absolute Gasteiger partial charge is 0.315 e. The maximum atomic E-state index is 5.98. The summed E-state index contributed by atoms with van der Waals surface area (Å²) in [6.45, 7) is 3.43. The Morgan fingerprint density at radius 2 is 2.25 bits per heavy atom. The van der Waals surface area contributed by atoms with E-state index in [1.807, 2.05) is 5.38 Å². The Balaban J connectivity index is 1.68. The molecule has 1 aliphatic carbocycles. The van der Waals surface area contributed by atoms with Crippen LogP contribution in [0.3, 0.4) is 0 Å². The highest BCUT2D eigenvalue weighted by Gasteiger charge is 2.35. The summed E-state index contributed by atoms with van der Waals surface area (Å²) in [5.41, 5.74) is 0. The van der Waals surface area contributed by atoms with Gasteiger partial charge >= 0.3 is 0 Å². The van der Waals surface area contributed by atoms with Gasteiger partial charge in [0.2, 0.25) is 0 Å². The predicted octanol–water partition coefficient (Wildman–Crippen LogP) is 2.73. The Bertz CT molecular complexity index is 356. The van der Waals surface area contributed by atoms with Gasteiger partial charge in [-0.2, -0.15) is 0 Å². The Hall–Kier alpha value is -0.0900. The van der Waals surface area contributed by atoms with E-state index >= 15 is 0 Å². The number of nitrogens with zero attached hydrogens (tertiary/aromatic N) is 1. The van der Waals surface area contributed by atoms with Crippen LogP contribution in [0.5, 0.6) is 0 Å². The molecule has 88 valence electrons. The molecule has 2 heterocycles. The van der Waals surface area contributed by atoms with Gasteiger partial charge in [0.15, 0.2) is 0 Å². The first kappa shape index (κ1) is 11.0. The molecule has 1 saturated carbocycles. The van der Waals surface area contributed by atoms with E-state index in [9.17, 15) is 0 Å². The predicted molar refractivity (Wildman–Crippen MR) is 69.2 cm³/mol. The van der Waals surface area contributed by atoms with Crippen LogP contribution < -0.4 is 5.32 Å². The average Bonchev–Trinajstić information content (AvgIpc) is 2.80. The van der Waals surface area contributed by atoms with E-state index in [-0.39, 0.29) is 0 Å². The van der Waals surface area contributed by atoms with Crippen LogP contribution in [0.4, 0.5) is 0 Å². The number of halogens is 1. The van der Waals surface area contributed by atoms with Crippen LogP contribution in [-0.2, 0) is 6.54 Å². The lowest BCUT2D eigenvalue weighted by atomic mass is 10.2. The molecule has 0 bridgehead atoms. The van der Waals surface area contributed by atoms with Crippen LogP contribution in [-0.4, -0.2) is 30.1 Å². The molecule has 0 aromatic carbocycles. The first-order valence-corrected chi connectivity index (χ1v) is 7.28. The van der Waals surface area contributed by atoms with Gasteiger partial charge in [-0.25, -0.2) is 0 Å². The molecule has 4 heteroatoms. The van der Waals surface area contributed by atoms with Crippen molar-refractivity contribution in [3.8, 4) is 0 Å². The van der Waals surface area contributed by atoms with Crippen molar-refractivity contribution in [1.29, 1.82) is 0 Å². The van der Waals surface area contributed by atoms with Crippen LogP contribution in [0.15, 0.2) is 11.4 Å². The summed E-state index contributed by atoms with van der Waals surface area (Å²) in [6, 6.07) is 3.70. The molecule has 1 N–H and O–H groups in total. The van der Waals surface area contributed by atoms with Crippen molar-refractivity contribution in [2.24, 2.45) is 0 Å². The molecule has 2 nitrogen and oxygen atoms in total. The monoisotopic (exact) mass is 256 g/mol. The second kappa shape index (κ2) is 4.65. The van der Waals surface area contributed by atoms with Gasteiger partial charge in [0, 0.05) is 35.4 Å². The molecule has 0 spiro atoms. The molecule has 1 aromatic heterocycles. The van der Waals surface area contributed by atoms with Crippen molar-refractivity contribution in [2.45, 2.75) is 37.9 Å². The third kappa shape index (κ3) is 2.43. The Morgan fingerprint density at radius 3 is 2.81 bits per heavy atom. The molecule has 1 aromatic rings. The molecular weight excluding hydrogens is 240 g/mol. The topological polar surface area (TPSA) is 15.3 Å². The van der Waals surface area contributed by atoms with Gasteiger partial charge in [0.1, 0.15) is 0 Å². The lowest BCUT2D eigenvalue weighted by Crippen LogP contribution is -2.37. The van der Waals surface area contributed by atoms with Crippen LogP contribution >= 0.6 is 22.9 Å². The minimum Gasteiger partial charge on any atom is -0.315 e. The van der Waals surface area contributed by atoms with Gasteiger partial charge in [-0.15, -0.1) is 11.3 Å². The molecule has 2 aliphatic rings. The second-order valence-electron chi connectivity index (χ2n) is 4.78. The summed E-state index contributed by atoms with van der Waals surface area (Å²) < 4.78 is 0. The van der Waals surface area contributed by atoms with Crippen LogP contribution in [0.1, 0.15) is 24.1 Å². The number of hydrogen-bond acceptors (Lipinski definition) is 3. The third-order valence-corrected chi connectivity index (χ3v) is 4.75. The van der Waals surface area contributed by atoms with E-state index in [1.54, 1.807) is 11.3 Å². The molecule has 1 aliphatic heterocycles. The molecular formula is C12H17ClN2S. The molecule has 0 amide bonds. The molecule has 1 unspecified atom stereocenters. The minimum atomic E-state index is 0.744. The maximum absolute atomic E-state index is 5.98. The fourth-order valence-corrected chi connectivity index (χ4v) is 3.58. The zero-order chi connectivity index (χ0) is 11.0. The quantitative estimate of drug-likeness (QED) is 0.891. The standard InChI is InChI=1S/C12H17ClN2S/c13-9-5-12(16-8-9)7-15(10-1-2-10)11-3-4-14-6-11/h5,8,10-11,14H,1-4,6-7H2. The molecule has 1 saturated heterocycles. The van der Waals surface area contributed by atoms with E-state index < -0.39 is 0 Å². The summed E-state index contributed by atoms with van der Waals surface area (Å²) in [6.07, 6.45) is 4.07. The lowest BCUT2D eigenvalue weighted by molar-refractivity contribution is 0.190. The molecule has 16 heavy (non-hydrogen) atoms. The van der Waals surface area contributed by atoms with Gasteiger partial charge in [0.05, 0.1) is 5.02 Å². The Morgan fingerprint density at radius 1 is 1.38 bits per heavy atom. The fourth-order valence-electron chi connectivity index (χ4n) is 2.50. The summed E-state index contributed by atoms with van der Waals surface area (Å²) in [7, 11) is 0. The van der Waals surface area contributed by atoms with E-state index in [0.717, 1.165) is 30.2 Å². The normalized spacial score (nSPS) is 25.5. The first-order valence-electron chi connectivity index (χ1n) is 6.02. The summed E-state index contributed by atoms with van der Waals surface area (Å²) in [5.74, 6) is 0. The smallest absolute Gasteiger partial charge is 0.0516 e. The van der Waals surface area contributed by atoms with E-state index in [0.29, 0.717) is 0 Å². The molecule has 0 radical (unpaired) electrons. The highest BCUT2D eigenvalue weighted by Crippen LogP contribution is 2.33. The van der Waals surface area contributed by atoms with Crippen molar-refractivity contribution in [1.82, 2.24) is 10.2 Å². The molecule has 3 rings (SSSR count). The first-order chi connectivity index (χ1) is 7.83. The Labute approximate surface area is 106 Å². The van der Waals surface area contributed by atoms with Gasteiger partial charge < -0.3 is 5.32 Å². The number of hydrogen-bond donors (Lipinski definition) is 1. The average molecular weight is 257 g/mol. The summed E-state index contributed by atoms with van der Waals surface area (Å²) >= 11 is 7.77. The summed E-state index contributed by atoms with van der Waals surface area (Å²) in [5, 5.41) is 6.39. The van der Waals surface area contributed by atoms with E-state index in [1.165, 1.54) is 30.7 Å². The van der Waals surface area contributed by atoms with Crippen LogP contribution in [0, 0.1) is 0 Å². The number of thiophene rings is 1. The second-order valence-corrected chi connectivity index (χ2v) is 6.21. The van der Waals surface area contributed by atoms with Gasteiger partial charge in [0.25, 0.3) is 0 Å². The van der Waals surface area contributed by atoms with Crippen LogP contribution in [0.2, 0.25) is 5.02 Å². The van der Waals surface area contributed by atoms with Crippen molar-refractivity contribution in [3.05, 3.63) is 21.3 Å². The molecule has 1 atom stereocenters. The van der Waals surface area contributed by atoms with Crippen molar-refractivity contribution < 1.29 is 0 Å². The zero-order valence-electron chi connectivity index (χ0n) is 9.29. The van der Waals surface area contributed by atoms with Crippen molar-refractivity contribution >= 4 is 22.9 Å². The zero-order valence-corrected chi connectivity index (χ0v) is 10.9.